The van der Waals surface area contributed by atoms with Crippen molar-refractivity contribution >= 4 is 11.9 Å². The summed E-state index contributed by atoms with van der Waals surface area (Å²) in [5.74, 6) is -0.443. The summed E-state index contributed by atoms with van der Waals surface area (Å²) in [5.41, 5.74) is 2.41. The van der Waals surface area contributed by atoms with E-state index in [4.69, 9.17) is 14.6 Å². The van der Waals surface area contributed by atoms with Crippen LogP contribution < -0.4 is 4.74 Å². The molecule has 6 nitrogen and oxygen atoms in total. The summed E-state index contributed by atoms with van der Waals surface area (Å²) < 4.78 is 11.9. The number of carbonyl (C=O) groups is 2. The second-order valence-corrected chi connectivity index (χ2v) is 8.62. The summed E-state index contributed by atoms with van der Waals surface area (Å²) in [5, 5.41) is 8.80. The van der Waals surface area contributed by atoms with Gasteiger partial charge in [-0.05, 0) is 62.4 Å². The van der Waals surface area contributed by atoms with Gasteiger partial charge in [0.25, 0.3) is 0 Å². The van der Waals surface area contributed by atoms with Gasteiger partial charge in [0.15, 0.2) is 0 Å². The van der Waals surface area contributed by atoms with Gasteiger partial charge in [0.2, 0.25) is 0 Å². The minimum Gasteiger partial charge on any atom is -0.489 e. The zero-order valence-corrected chi connectivity index (χ0v) is 19.3. The number of piperidine rings is 1. The Labute approximate surface area is 196 Å². The Morgan fingerprint density at radius 1 is 0.909 bits per heavy atom. The fourth-order valence-corrected chi connectivity index (χ4v) is 4.14. The van der Waals surface area contributed by atoms with Crippen LogP contribution in [-0.2, 0) is 27.2 Å². The average Bonchev–Trinajstić information content (AvgIpc) is 2.83. The fourth-order valence-electron chi connectivity index (χ4n) is 4.14. The number of para-hydroxylation sites is 1. The first-order valence-corrected chi connectivity index (χ1v) is 12.0. The SMILES string of the molecule is O=C(O)CCCC(=O)OC(COc1ccccc1CCc1ccccc1)CN1CCCCC1. The van der Waals surface area contributed by atoms with E-state index in [1.165, 1.54) is 12.0 Å². The van der Waals surface area contributed by atoms with Crippen molar-refractivity contribution in [2.24, 2.45) is 0 Å². The van der Waals surface area contributed by atoms with Crippen molar-refractivity contribution in [1.82, 2.24) is 4.90 Å². The molecule has 6 heteroatoms. The highest BCUT2D eigenvalue weighted by molar-refractivity contribution is 5.71. The first kappa shape index (κ1) is 24.8. The highest BCUT2D eigenvalue weighted by Gasteiger charge is 2.21. The number of aliphatic carboxylic acids is 1. The molecule has 2 aromatic carbocycles. The third kappa shape index (κ3) is 9.26. The van der Waals surface area contributed by atoms with Crippen LogP contribution in [-0.4, -0.2) is 54.3 Å². The fraction of sp³-hybridized carbons (Fsp3) is 0.481. The van der Waals surface area contributed by atoms with Crippen molar-refractivity contribution in [3.05, 3.63) is 65.7 Å². The third-order valence-corrected chi connectivity index (χ3v) is 5.90. The molecule has 3 rings (SSSR count). The molecule has 1 aliphatic heterocycles. The largest absolute Gasteiger partial charge is 0.489 e. The second-order valence-electron chi connectivity index (χ2n) is 8.62. The van der Waals surface area contributed by atoms with E-state index in [2.05, 4.69) is 23.1 Å². The van der Waals surface area contributed by atoms with Crippen LogP contribution in [0.5, 0.6) is 5.75 Å². The normalized spacial score (nSPS) is 15.0. The Morgan fingerprint density at radius 3 is 2.39 bits per heavy atom. The topological polar surface area (TPSA) is 76.1 Å². The summed E-state index contributed by atoms with van der Waals surface area (Å²) in [6.45, 7) is 2.92. The van der Waals surface area contributed by atoms with Gasteiger partial charge in [-0.1, -0.05) is 55.0 Å². The van der Waals surface area contributed by atoms with Crippen LogP contribution in [0.2, 0.25) is 0 Å². The summed E-state index contributed by atoms with van der Waals surface area (Å²) >= 11 is 0. The number of carboxylic acids is 1. The maximum absolute atomic E-state index is 12.3. The number of carbonyl (C=O) groups excluding carboxylic acids is 1. The monoisotopic (exact) mass is 453 g/mol. The van der Waals surface area contributed by atoms with Gasteiger partial charge in [0.1, 0.15) is 18.5 Å². The van der Waals surface area contributed by atoms with Crippen LogP contribution in [0, 0.1) is 0 Å². The molecular weight excluding hydrogens is 418 g/mol. The van der Waals surface area contributed by atoms with Crippen LogP contribution >= 0.6 is 0 Å². The molecule has 178 valence electrons. The van der Waals surface area contributed by atoms with Crippen molar-refractivity contribution in [2.75, 3.05) is 26.2 Å². The maximum Gasteiger partial charge on any atom is 0.306 e. The zero-order chi connectivity index (χ0) is 23.3. The minimum absolute atomic E-state index is 0.0306. The molecule has 1 saturated heterocycles. The van der Waals surface area contributed by atoms with Gasteiger partial charge in [-0.2, -0.15) is 0 Å². The van der Waals surface area contributed by atoms with E-state index < -0.39 is 5.97 Å². The molecule has 0 amide bonds. The number of ether oxygens (including phenoxy) is 2. The number of likely N-dealkylation sites (tertiary alicyclic amines) is 1. The molecule has 1 atom stereocenters. The Bertz CT molecular complexity index is 864. The predicted octanol–water partition coefficient (Wildman–Crippen LogP) is 4.50. The predicted molar refractivity (Wildman–Crippen MR) is 127 cm³/mol. The summed E-state index contributed by atoms with van der Waals surface area (Å²) in [6.07, 6.45) is 5.32. The molecule has 0 aliphatic carbocycles. The number of hydrogen-bond donors (Lipinski definition) is 1. The zero-order valence-electron chi connectivity index (χ0n) is 19.3. The van der Waals surface area contributed by atoms with E-state index >= 15 is 0 Å². The van der Waals surface area contributed by atoms with Crippen LogP contribution in [0.4, 0.5) is 0 Å². The van der Waals surface area contributed by atoms with E-state index in [1.807, 2.05) is 36.4 Å². The molecule has 0 saturated carbocycles. The van der Waals surface area contributed by atoms with Gasteiger partial charge >= 0.3 is 11.9 Å². The summed E-state index contributed by atoms with van der Waals surface area (Å²) in [7, 11) is 0. The van der Waals surface area contributed by atoms with Gasteiger partial charge in [0.05, 0.1) is 0 Å². The average molecular weight is 454 g/mol. The van der Waals surface area contributed by atoms with Crippen molar-refractivity contribution in [2.45, 2.75) is 57.5 Å². The van der Waals surface area contributed by atoms with Gasteiger partial charge in [-0.25, -0.2) is 0 Å². The van der Waals surface area contributed by atoms with E-state index in [0.717, 1.165) is 50.1 Å². The standard InChI is InChI=1S/C27H35NO5/c29-26(30)14-9-15-27(31)33-24(20-28-18-7-2-8-19-28)21-32-25-13-6-5-12-23(25)17-16-22-10-3-1-4-11-22/h1,3-6,10-13,24H,2,7-9,14-21H2,(H,29,30). The van der Waals surface area contributed by atoms with Crippen molar-refractivity contribution in [3.63, 3.8) is 0 Å². The molecule has 0 aromatic heterocycles. The molecule has 0 spiro atoms. The van der Waals surface area contributed by atoms with Crippen molar-refractivity contribution < 1.29 is 24.2 Å². The van der Waals surface area contributed by atoms with Crippen LogP contribution in [0.3, 0.4) is 0 Å². The van der Waals surface area contributed by atoms with E-state index in [-0.39, 0.29) is 37.9 Å². The molecule has 1 aliphatic rings. The Kier molecular flexibility index (Phi) is 10.2. The molecule has 0 radical (unpaired) electrons. The number of aryl methyl sites for hydroxylation is 2. The first-order chi connectivity index (χ1) is 16.1. The lowest BCUT2D eigenvalue weighted by Crippen LogP contribution is -2.41. The van der Waals surface area contributed by atoms with E-state index in [0.29, 0.717) is 6.54 Å². The van der Waals surface area contributed by atoms with E-state index in [1.54, 1.807) is 0 Å². The van der Waals surface area contributed by atoms with Crippen LogP contribution in [0.25, 0.3) is 0 Å². The molecule has 2 aromatic rings. The van der Waals surface area contributed by atoms with Crippen LogP contribution in [0.15, 0.2) is 54.6 Å². The van der Waals surface area contributed by atoms with Gasteiger partial charge in [-0.15, -0.1) is 0 Å². The van der Waals surface area contributed by atoms with Crippen molar-refractivity contribution in [3.8, 4) is 5.75 Å². The lowest BCUT2D eigenvalue weighted by atomic mass is 10.0. The lowest BCUT2D eigenvalue weighted by molar-refractivity contribution is -0.152. The highest BCUT2D eigenvalue weighted by Crippen LogP contribution is 2.21. The van der Waals surface area contributed by atoms with Crippen molar-refractivity contribution in [1.29, 1.82) is 0 Å². The van der Waals surface area contributed by atoms with Gasteiger partial charge in [0, 0.05) is 19.4 Å². The quantitative estimate of drug-likeness (QED) is 0.450. The lowest BCUT2D eigenvalue weighted by Gasteiger charge is -2.30. The first-order valence-electron chi connectivity index (χ1n) is 12.0. The molecule has 1 unspecified atom stereocenters. The molecule has 1 N–H and O–H groups in total. The smallest absolute Gasteiger partial charge is 0.306 e. The maximum atomic E-state index is 12.3. The molecular formula is C27H35NO5. The number of nitrogens with zero attached hydrogens (tertiary/aromatic N) is 1. The van der Waals surface area contributed by atoms with Crippen LogP contribution in [0.1, 0.15) is 49.7 Å². The van der Waals surface area contributed by atoms with Gasteiger partial charge < -0.3 is 14.6 Å². The second kappa shape index (κ2) is 13.6. The molecule has 0 bridgehead atoms. The number of rotatable bonds is 13. The highest BCUT2D eigenvalue weighted by atomic mass is 16.6. The number of esters is 1. The molecule has 33 heavy (non-hydrogen) atoms. The third-order valence-electron chi connectivity index (χ3n) is 5.90. The van der Waals surface area contributed by atoms with Gasteiger partial charge in [-0.3, -0.25) is 14.5 Å². The minimum atomic E-state index is -0.900. The Morgan fingerprint density at radius 2 is 1.64 bits per heavy atom. The molecule has 1 fully saturated rings. The summed E-state index contributed by atoms with van der Waals surface area (Å²) in [6, 6.07) is 18.4. The number of carboxylic acid groups (broad SMARTS) is 1. The number of benzene rings is 2. The molecule has 1 heterocycles. The summed E-state index contributed by atoms with van der Waals surface area (Å²) in [4.78, 5) is 25.4. The Hall–Kier alpha value is -2.86. The number of hydrogen-bond acceptors (Lipinski definition) is 5. The Balaban J connectivity index is 1.58. The van der Waals surface area contributed by atoms with E-state index in [9.17, 15) is 9.59 Å².